The molecule has 8 heteroatoms. The third kappa shape index (κ3) is 2.59. The zero-order chi connectivity index (χ0) is 16.1. The first-order valence-corrected chi connectivity index (χ1v) is 9.30. The zero-order valence-electron chi connectivity index (χ0n) is 13.2. The number of hydrogen-bond acceptors (Lipinski definition) is 6. The van der Waals surface area contributed by atoms with Crippen LogP contribution in [0.5, 0.6) is 0 Å². The molecule has 0 bridgehead atoms. The fraction of sp³-hybridized carbons (Fsp3) is 0.467. The van der Waals surface area contributed by atoms with Crippen LogP contribution in [-0.4, -0.2) is 24.7 Å². The maximum Gasteiger partial charge on any atom is 0.259 e. The molecule has 0 unspecified atom stereocenters. The molecule has 3 aromatic rings. The van der Waals surface area contributed by atoms with Crippen LogP contribution in [0.1, 0.15) is 47.3 Å². The Morgan fingerprint density at radius 3 is 2.96 bits per heavy atom. The minimum absolute atomic E-state index is 0.0107. The van der Waals surface area contributed by atoms with Gasteiger partial charge in [0.1, 0.15) is 17.0 Å². The lowest BCUT2D eigenvalue weighted by Gasteiger charge is -2.10. The van der Waals surface area contributed by atoms with Gasteiger partial charge in [-0.25, -0.2) is 4.98 Å². The summed E-state index contributed by atoms with van der Waals surface area (Å²) in [4.78, 5) is 22.0. The van der Waals surface area contributed by atoms with Gasteiger partial charge < -0.3 is 9.55 Å². The molecular formula is C15H17N5OS2. The molecule has 23 heavy (non-hydrogen) atoms. The van der Waals surface area contributed by atoms with Crippen LogP contribution in [-0.2, 0) is 0 Å². The quantitative estimate of drug-likeness (QED) is 0.732. The van der Waals surface area contributed by atoms with E-state index < -0.39 is 0 Å². The number of hydrogen-bond donors (Lipinski definition) is 1. The van der Waals surface area contributed by atoms with Crippen LogP contribution in [0, 0.1) is 13.8 Å². The molecule has 3 heterocycles. The smallest absolute Gasteiger partial charge is 0.259 e. The number of aromatic amines is 1. The number of nitrogens with one attached hydrogen (secondary N) is 1. The van der Waals surface area contributed by atoms with Gasteiger partial charge in [-0.05, 0) is 39.2 Å². The van der Waals surface area contributed by atoms with E-state index in [1.807, 2.05) is 20.8 Å². The summed E-state index contributed by atoms with van der Waals surface area (Å²) in [5, 5.41) is 9.84. The number of fused-ring (bicyclic) bond motifs is 1. The van der Waals surface area contributed by atoms with E-state index in [-0.39, 0.29) is 10.8 Å². The van der Waals surface area contributed by atoms with E-state index in [0.717, 1.165) is 25.8 Å². The van der Waals surface area contributed by atoms with Crippen molar-refractivity contribution in [3.05, 3.63) is 32.9 Å². The van der Waals surface area contributed by atoms with Gasteiger partial charge >= 0.3 is 0 Å². The minimum Gasteiger partial charge on any atom is -0.309 e. The molecule has 0 amide bonds. The second kappa shape index (κ2) is 5.45. The van der Waals surface area contributed by atoms with Crippen LogP contribution in [0.2, 0.25) is 0 Å². The van der Waals surface area contributed by atoms with Crippen molar-refractivity contribution in [2.24, 2.45) is 0 Å². The van der Waals surface area contributed by atoms with E-state index in [0.29, 0.717) is 11.9 Å². The molecule has 1 N–H and O–H groups in total. The van der Waals surface area contributed by atoms with Gasteiger partial charge in [-0.15, -0.1) is 21.5 Å². The Morgan fingerprint density at radius 2 is 2.22 bits per heavy atom. The van der Waals surface area contributed by atoms with Crippen LogP contribution in [0.4, 0.5) is 0 Å². The molecule has 3 aromatic heterocycles. The second-order valence-electron chi connectivity index (χ2n) is 5.93. The van der Waals surface area contributed by atoms with Crippen LogP contribution >= 0.6 is 23.1 Å². The van der Waals surface area contributed by atoms with Crippen molar-refractivity contribution in [3.63, 3.8) is 0 Å². The highest BCUT2D eigenvalue weighted by molar-refractivity contribution is 7.99. The van der Waals surface area contributed by atoms with E-state index in [1.54, 1.807) is 29.4 Å². The van der Waals surface area contributed by atoms with Gasteiger partial charge in [0, 0.05) is 10.9 Å². The van der Waals surface area contributed by atoms with Crippen molar-refractivity contribution >= 4 is 33.3 Å². The largest absolute Gasteiger partial charge is 0.309 e. The number of thiophene rings is 1. The number of nitrogens with zero attached hydrogens (tertiary/aromatic N) is 4. The predicted molar refractivity (Wildman–Crippen MR) is 92.3 cm³/mol. The van der Waals surface area contributed by atoms with Crippen LogP contribution in [0.25, 0.3) is 10.2 Å². The number of thioether (sulfide) groups is 1. The number of H-pyrrole nitrogens is 1. The lowest BCUT2D eigenvalue weighted by molar-refractivity contribution is 0.661. The Balaban J connectivity index is 1.68. The molecule has 1 aliphatic rings. The average molecular weight is 347 g/mol. The molecule has 0 aromatic carbocycles. The monoisotopic (exact) mass is 347 g/mol. The Hall–Kier alpha value is -1.67. The highest BCUT2D eigenvalue weighted by Gasteiger charge is 2.27. The maximum absolute atomic E-state index is 12.4. The standard InChI is InChI=1S/C15H17N5OS2/c1-7-8(2)22-14-11(7)13(21)17-12(18-14)9(3)23-15-19-16-6-20(15)10-4-5-10/h6,9-10H,4-5H2,1-3H3,(H,17,18,21)/t9-/m0/s1. The summed E-state index contributed by atoms with van der Waals surface area (Å²) in [6, 6.07) is 0.539. The third-order valence-corrected chi connectivity index (χ3v) is 6.39. The van der Waals surface area contributed by atoms with Crippen LogP contribution in [0.3, 0.4) is 0 Å². The molecule has 1 aliphatic carbocycles. The Labute approximate surface area is 141 Å². The van der Waals surface area contributed by atoms with Gasteiger partial charge in [0.25, 0.3) is 5.56 Å². The molecule has 1 atom stereocenters. The van der Waals surface area contributed by atoms with Crippen molar-refractivity contribution in [3.8, 4) is 0 Å². The summed E-state index contributed by atoms with van der Waals surface area (Å²) in [5.74, 6) is 0.694. The van der Waals surface area contributed by atoms with Crippen molar-refractivity contribution in [1.82, 2.24) is 24.7 Å². The fourth-order valence-corrected chi connectivity index (χ4v) is 4.59. The number of aromatic nitrogens is 5. The van der Waals surface area contributed by atoms with E-state index in [9.17, 15) is 4.79 Å². The molecule has 6 nitrogen and oxygen atoms in total. The first kappa shape index (κ1) is 14.9. The Bertz CT molecular complexity index is 937. The molecule has 0 saturated heterocycles. The van der Waals surface area contributed by atoms with Crippen LogP contribution in [0.15, 0.2) is 16.3 Å². The predicted octanol–water partition coefficient (Wildman–Crippen LogP) is 3.38. The first-order chi connectivity index (χ1) is 11.0. The molecule has 0 aliphatic heterocycles. The van der Waals surface area contributed by atoms with E-state index in [4.69, 9.17) is 0 Å². The molecule has 0 radical (unpaired) electrons. The average Bonchev–Trinajstić information content (AvgIpc) is 3.18. The lowest BCUT2D eigenvalue weighted by atomic mass is 10.2. The van der Waals surface area contributed by atoms with Gasteiger partial charge in [-0.2, -0.15) is 0 Å². The molecular weight excluding hydrogens is 330 g/mol. The normalized spacial score (nSPS) is 16.1. The number of aryl methyl sites for hydroxylation is 2. The molecule has 120 valence electrons. The van der Waals surface area contributed by atoms with Gasteiger partial charge in [0.05, 0.1) is 10.6 Å². The molecule has 0 spiro atoms. The summed E-state index contributed by atoms with van der Waals surface area (Å²) in [7, 11) is 0. The molecule has 1 saturated carbocycles. The fourth-order valence-electron chi connectivity index (χ4n) is 2.60. The first-order valence-electron chi connectivity index (χ1n) is 7.60. The van der Waals surface area contributed by atoms with E-state index in [1.165, 1.54) is 12.8 Å². The van der Waals surface area contributed by atoms with Crippen molar-refractivity contribution in [2.45, 2.75) is 50.1 Å². The third-order valence-electron chi connectivity index (χ3n) is 4.21. The Morgan fingerprint density at radius 1 is 1.43 bits per heavy atom. The SMILES string of the molecule is Cc1sc2nc([C@H](C)Sc3nncn3C3CC3)[nH]c(=O)c2c1C. The van der Waals surface area contributed by atoms with Crippen molar-refractivity contribution in [2.75, 3.05) is 0 Å². The summed E-state index contributed by atoms with van der Waals surface area (Å²) >= 11 is 3.16. The highest BCUT2D eigenvalue weighted by Crippen LogP contribution is 2.40. The van der Waals surface area contributed by atoms with Crippen molar-refractivity contribution in [1.29, 1.82) is 0 Å². The summed E-state index contributed by atoms with van der Waals surface area (Å²) in [6.07, 6.45) is 4.17. The maximum atomic E-state index is 12.4. The Kier molecular flexibility index (Phi) is 3.53. The zero-order valence-corrected chi connectivity index (χ0v) is 14.8. The summed E-state index contributed by atoms with van der Waals surface area (Å²) < 4.78 is 2.12. The lowest BCUT2D eigenvalue weighted by Crippen LogP contribution is -2.12. The summed E-state index contributed by atoms with van der Waals surface area (Å²) in [5.41, 5.74) is 0.974. The topological polar surface area (TPSA) is 76.5 Å². The second-order valence-corrected chi connectivity index (χ2v) is 8.44. The van der Waals surface area contributed by atoms with Gasteiger partial charge in [0.15, 0.2) is 5.16 Å². The van der Waals surface area contributed by atoms with Gasteiger partial charge in [-0.1, -0.05) is 11.8 Å². The van der Waals surface area contributed by atoms with Crippen LogP contribution < -0.4 is 5.56 Å². The van der Waals surface area contributed by atoms with E-state index in [2.05, 4.69) is 24.7 Å². The van der Waals surface area contributed by atoms with Gasteiger partial charge in [-0.3, -0.25) is 4.79 Å². The molecule has 1 fully saturated rings. The minimum atomic E-state index is -0.0528. The van der Waals surface area contributed by atoms with Gasteiger partial charge in [0.2, 0.25) is 0 Å². The number of rotatable bonds is 4. The van der Waals surface area contributed by atoms with E-state index >= 15 is 0 Å². The summed E-state index contributed by atoms with van der Waals surface area (Å²) in [6.45, 7) is 6.03. The molecule has 4 rings (SSSR count). The highest BCUT2D eigenvalue weighted by atomic mass is 32.2. The van der Waals surface area contributed by atoms with Crippen molar-refractivity contribution < 1.29 is 0 Å².